The van der Waals surface area contributed by atoms with Crippen molar-refractivity contribution in [2.24, 2.45) is 0 Å². The molecule has 136 valence electrons. The molecule has 1 fully saturated rings. The van der Waals surface area contributed by atoms with Crippen molar-refractivity contribution in [3.05, 3.63) is 35.9 Å². The second kappa shape index (κ2) is 12.4. The molecular weight excluding hydrogens is 304 g/mol. The van der Waals surface area contributed by atoms with Gasteiger partial charge in [0.25, 0.3) is 0 Å². The smallest absolute Gasteiger partial charge is 0.0701 e. The SMILES string of the molecule is COCCOCCOCCNC1CCCN(Cc2ccccc2)C1. The molecule has 0 saturated carbocycles. The van der Waals surface area contributed by atoms with Crippen molar-refractivity contribution in [2.75, 3.05) is 59.8 Å². The van der Waals surface area contributed by atoms with E-state index in [0.29, 0.717) is 32.5 Å². The zero-order chi connectivity index (χ0) is 16.9. The molecule has 0 spiro atoms. The van der Waals surface area contributed by atoms with E-state index < -0.39 is 0 Å². The summed E-state index contributed by atoms with van der Waals surface area (Å²) in [7, 11) is 1.68. The first-order valence-electron chi connectivity index (χ1n) is 9.02. The van der Waals surface area contributed by atoms with Crippen molar-refractivity contribution in [3.63, 3.8) is 0 Å². The first-order valence-corrected chi connectivity index (χ1v) is 9.02. The Labute approximate surface area is 146 Å². The van der Waals surface area contributed by atoms with Gasteiger partial charge in [-0.05, 0) is 24.9 Å². The van der Waals surface area contributed by atoms with Crippen molar-refractivity contribution >= 4 is 0 Å². The summed E-state index contributed by atoms with van der Waals surface area (Å²) >= 11 is 0. The molecule has 0 radical (unpaired) electrons. The third-order valence-electron chi connectivity index (χ3n) is 4.24. The van der Waals surface area contributed by atoms with Crippen molar-refractivity contribution in [1.29, 1.82) is 0 Å². The second-order valence-electron chi connectivity index (χ2n) is 6.23. The van der Waals surface area contributed by atoms with Gasteiger partial charge in [-0.2, -0.15) is 0 Å². The Morgan fingerprint density at radius 2 is 1.79 bits per heavy atom. The van der Waals surface area contributed by atoms with Crippen LogP contribution in [-0.4, -0.2) is 70.7 Å². The number of rotatable bonds is 12. The number of benzene rings is 1. The Kier molecular flexibility index (Phi) is 9.99. The monoisotopic (exact) mass is 336 g/mol. The predicted molar refractivity (Wildman–Crippen MR) is 96.3 cm³/mol. The van der Waals surface area contributed by atoms with Crippen LogP contribution in [0.5, 0.6) is 0 Å². The number of ether oxygens (including phenoxy) is 3. The topological polar surface area (TPSA) is 43.0 Å². The molecule has 0 aliphatic carbocycles. The van der Waals surface area contributed by atoms with Gasteiger partial charge in [0.2, 0.25) is 0 Å². The molecule has 1 aromatic carbocycles. The van der Waals surface area contributed by atoms with Gasteiger partial charge in [-0.1, -0.05) is 30.3 Å². The van der Waals surface area contributed by atoms with Gasteiger partial charge in [-0.3, -0.25) is 4.90 Å². The van der Waals surface area contributed by atoms with Crippen LogP contribution in [0.15, 0.2) is 30.3 Å². The van der Waals surface area contributed by atoms with E-state index in [2.05, 4.69) is 40.5 Å². The summed E-state index contributed by atoms with van der Waals surface area (Å²) in [5, 5.41) is 3.62. The molecule has 0 aromatic heterocycles. The fraction of sp³-hybridized carbons (Fsp3) is 0.684. The molecule has 1 N–H and O–H groups in total. The van der Waals surface area contributed by atoms with Crippen LogP contribution in [0.1, 0.15) is 18.4 Å². The number of piperidine rings is 1. The van der Waals surface area contributed by atoms with Crippen LogP contribution in [0.3, 0.4) is 0 Å². The minimum absolute atomic E-state index is 0.573. The second-order valence-corrected chi connectivity index (χ2v) is 6.23. The maximum atomic E-state index is 5.59. The summed E-state index contributed by atoms with van der Waals surface area (Å²) in [6.45, 7) is 7.57. The van der Waals surface area contributed by atoms with E-state index in [1.807, 2.05) is 0 Å². The van der Waals surface area contributed by atoms with Crippen LogP contribution in [0, 0.1) is 0 Å². The lowest BCUT2D eigenvalue weighted by molar-refractivity contribution is 0.0247. The van der Waals surface area contributed by atoms with Gasteiger partial charge in [0.05, 0.1) is 33.0 Å². The summed E-state index contributed by atoms with van der Waals surface area (Å²) in [5.74, 6) is 0. The molecule has 5 nitrogen and oxygen atoms in total. The Hall–Kier alpha value is -0.980. The van der Waals surface area contributed by atoms with E-state index in [0.717, 1.165) is 26.2 Å². The number of nitrogens with one attached hydrogen (secondary N) is 1. The molecule has 1 aromatic rings. The summed E-state index contributed by atoms with van der Waals surface area (Å²) < 4.78 is 15.9. The molecule has 5 heteroatoms. The molecule has 2 rings (SSSR count). The van der Waals surface area contributed by atoms with Gasteiger partial charge >= 0.3 is 0 Å². The zero-order valence-electron chi connectivity index (χ0n) is 14.9. The summed E-state index contributed by atoms with van der Waals surface area (Å²) in [4.78, 5) is 2.54. The van der Waals surface area contributed by atoms with E-state index >= 15 is 0 Å². The van der Waals surface area contributed by atoms with E-state index in [9.17, 15) is 0 Å². The summed E-state index contributed by atoms with van der Waals surface area (Å²) in [6.07, 6.45) is 2.52. The first-order chi connectivity index (χ1) is 11.9. The number of hydrogen-bond acceptors (Lipinski definition) is 5. The van der Waals surface area contributed by atoms with Crippen molar-refractivity contribution in [2.45, 2.75) is 25.4 Å². The van der Waals surface area contributed by atoms with Gasteiger partial charge in [0.15, 0.2) is 0 Å². The molecular formula is C19H32N2O3. The van der Waals surface area contributed by atoms with Crippen molar-refractivity contribution < 1.29 is 14.2 Å². The Balaban J connectivity index is 1.50. The number of nitrogens with zero attached hydrogens (tertiary/aromatic N) is 1. The third-order valence-corrected chi connectivity index (χ3v) is 4.24. The molecule has 1 heterocycles. The minimum Gasteiger partial charge on any atom is -0.382 e. The van der Waals surface area contributed by atoms with Crippen LogP contribution in [0.25, 0.3) is 0 Å². The van der Waals surface area contributed by atoms with E-state index in [-0.39, 0.29) is 0 Å². The standard InChI is InChI=1S/C19H32N2O3/c1-22-12-13-24-15-14-23-11-9-20-19-8-5-10-21(17-19)16-18-6-3-2-4-7-18/h2-4,6-7,19-20H,5,8-17H2,1H3. The zero-order valence-corrected chi connectivity index (χ0v) is 14.9. The maximum absolute atomic E-state index is 5.59. The number of likely N-dealkylation sites (tertiary alicyclic amines) is 1. The molecule has 1 aliphatic heterocycles. The Bertz CT molecular complexity index is 416. The average molecular weight is 336 g/mol. The lowest BCUT2D eigenvalue weighted by Crippen LogP contribution is -2.46. The van der Waals surface area contributed by atoms with Crippen LogP contribution in [0.2, 0.25) is 0 Å². The lowest BCUT2D eigenvalue weighted by Gasteiger charge is -2.33. The normalized spacial score (nSPS) is 18.8. The van der Waals surface area contributed by atoms with Gasteiger partial charge < -0.3 is 19.5 Å². The highest BCUT2D eigenvalue weighted by molar-refractivity contribution is 5.14. The van der Waals surface area contributed by atoms with Gasteiger partial charge in [-0.25, -0.2) is 0 Å². The minimum atomic E-state index is 0.573. The van der Waals surface area contributed by atoms with Crippen LogP contribution in [-0.2, 0) is 20.8 Å². The van der Waals surface area contributed by atoms with Crippen LogP contribution in [0.4, 0.5) is 0 Å². The maximum Gasteiger partial charge on any atom is 0.0701 e. The Morgan fingerprint density at radius 1 is 1.04 bits per heavy atom. The molecule has 1 saturated heterocycles. The van der Waals surface area contributed by atoms with Crippen LogP contribution >= 0.6 is 0 Å². The summed E-state index contributed by atoms with van der Waals surface area (Å²) in [5.41, 5.74) is 1.40. The van der Waals surface area contributed by atoms with E-state index in [1.54, 1.807) is 7.11 Å². The molecule has 1 unspecified atom stereocenters. The first kappa shape index (κ1) is 19.3. The van der Waals surface area contributed by atoms with E-state index in [4.69, 9.17) is 14.2 Å². The molecule has 24 heavy (non-hydrogen) atoms. The fourth-order valence-corrected chi connectivity index (χ4v) is 3.01. The van der Waals surface area contributed by atoms with Crippen molar-refractivity contribution in [1.82, 2.24) is 10.2 Å². The predicted octanol–water partition coefficient (Wildman–Crippen LogP) is 1.92. The van der Waals surface area contributed by atoms with E-state index in [1.165, 1.54) is 24.9 Å². The average Bonchev–Trinajstić information content (AvgIpc) is 2.61. The highest BCUT2D eigenvalue weighted by Gasteiger charge is 2.19. The van der Waals surface area contributed by atoms with Gasteiger partial charge in [-0.15, -0.1) is 0 Å². The number of methoxy groups -OCH3 is 1. The molecule has 1 atom stereocenters. The van der Waals surface area contributed by atoms with Gasteiger partial charge in [0.1, 0.15) is 0 Å². The summed E-state index contributed by atoms with van der Waals surface area (Å²) in [6, 6.07) is 11.3. The largest absolute Gasteiger partial charge is 0.382 e. The third kappa shape index (κ3) is 8.22. The Morgan fingerprint density at radius 3 is 2.58 bits per heavy atom. The highest BCUT2D eigenvalue weighted by Crippen LogP contribution is 2.13. The number of hydrogen-bond donors (Lipinski definition) is 1. The molecule has 0 amide bonds. The fourth-order valence-electron chi connectivity index (χ4n) is 3.01. The highest BCUT2D eigenvalue weighted by atomic mass is 16.5. The molecule has 0 bridgehead atoms. The van der Waals surface area contributed by atoms with Gasteiger partial charge in [0, 0.05) is 32.8 Å². The van der Waals surface area contributed by atoms with Crippen LogP contribution < -0.4 is 5.32 Å². The molecule has 1 aliphatic rings. The quantitative estimate of drug-likeness (QED) is 0.591. The lowest BCUT2D eigenvalue weighted by atomic mass is 10.0. The van der Waals surface area contributed by atoms with Crippen molar-refractivity contribution in [3.8, 4) is 0 Å².